The number of carbonyl (C=O) groups is 1. The van der Waals surface area contributed by atoms with E-state index in [0.717, 1.165) is 17.7 Å². The molecule has 152 valence electrons. The summed E-state index contributed by atoms with van der Waals surface area (Å²) in [6.07, 6.45) is 4.61. The number of carboxylic acid groups (broad SMARTS) is 1. The monoisotopic (exact) mass is 406 g/mol. The van der Waals surface area contributed by atoms with E-state index >= 15 is 0 Å². The van der Waals surface area contributed by atoms with Gasteiger partial charge in [0.2, 0.25) is 0 Å². The average molecular weight is 406 g/mol. The number of benzene rings is 3. The van der Waals surface area contributed by atoms with Gasteiger partial charge in [-0.2, -0.15) is 0 Å². The van der Waals surface area contributed by atoms with Crippen molar-refractivity contribution >= 4 is 29.8 Å². The first-order chi connectivity index (χ1) is 14.2. The van der Waals surface area contributed by atoms with Gasteiger partial charge in [0, 0.05) is 0 Å². The van der Waals surface area contributed by atoms with E-state index in [4.69, 9.17) is 0 Å². The largest absolute Gasteiger partial charge is 0.508 e. The van der Waals surface area contributed by atoms with Gasteiger partial charge in [-0.3, -0.25) is 0 Å². The first-order valence-electron chi connectivity index (χ1n) is 8.74. The number of rotatable bonds is 5. The zero-order chi connectivity index (χ0) is 21.8. The van der Waals surface area contributed by atoms with E-state index in [1.165, 1.54) is 30.3 Å². The highest BCUT2D eigenvalue weighted by Crippen LogP contribution is 2.36. The van der Waals surface area contributed by atoms with Crippen LogP contribution in [0.3, 0.4) is 0 Å². The second kappa shape index (κ2) is 8.32. The standard InChI is InChI=1S/C23H18O7/c24-17-5-3-13(4-6-17)1-2-14-7-16(12-18(25)8-14)19(23(29)30)9-15-10-20(26)22(28)21(27)11-15/h1-12,24-28H,(H,29,30). The third-order valence-corrected chi connectivity index (χ3v) is 4.25. The first kappa shape index (κ1) is 20.3. The van der Waals surface area contributed by atoms with Crippen LogP contribution in [0.2, 0.25) is 0 Å². The van der Waals surface area contributed by atoms with Crippen LogP contribution in [0.15, 0.2) is 54.6 Å². The van der Waals surface area contributed by atoms with Crippen LogP contribution >= 0.6 is 0 Å². The molecule has 0 unspecified atom stereocenters. The summed E-state index contributed by atoms with van der Waals surface area (Å²) in [5.41, 5.74) is 1.46. The molecular weight excluding hydrogens is 388 g/mol. The van der Waals surface area contributed by atoms with Crippen LogP contribution in [-0.2, 0) is 4.79 Å². The molecule has 0 atom stereocenters. The fourth-order valence-electron chi connectivity index (χ4n) is 2.81. The second-order valence-corrected chi connectivity index (χ2v) is 6.51. The van der Waals surface area contributed by atoms with Crippen molar-refractivity contribution in [3.05, 3.63) is 76.9 Å². The summed E-state index contributed by atoms with van der Waals surface area (Å²) in [7, 11) is 0. The number of aliphatic carboxylic acids is 1. The van der Waals surface area contributed by atoms with Gasteiger partial charge in [-0.25, -0.2) is 4.79 Å². The van der Waals surface area contributed by atoms with Gasteiger partial charge in [0.05, 0.1) is 5.57 Å². The molecule has 0 aromatic heterocycles. The molecule has 0 saturated heterocycles. The molecular formula is C23H18O7. The number of hydrogen-bond acceptors (Lipinski definition) is 6. The summed E-state index contributed by atoms with van der Waals surface area (Å²) in [4.78, 5) is 11.8. The number of phenolic OH excluding ortho intramolecular Hbond substituents is 5. The molecule has 0 aliphatic rings. The Morgan fingerprint density at radius 3 is 1.87 bits per heavy atom. The van der Waals surface area contributed by atoms with E-state index in [0.29, 0.717) is 5.56 Å². The van der Waals surface area contributed by atoms with Crippen LogP contribution < -0.4 is 0 Å². The lowest BCUT2D eigenvalue weighted by Crippen LogP contribution is -2.00. The van der Waals surface area contributed by atoms with Crippen LogP contribution in [0.1, 0.15) is 22.3 Å². The molecule has 0 aliphatic carbocycles. The zero-order valence-corrected chi connectivity index (χ0v) is 15.5. The molecule has 0 aliphatic heterocycles. The molecule has 0 amide bonds. The van der Waals surface area contributed by atoms with Gasteiger partial charge in [0.15, 0.2) is 17.2 Å². The molecule has 0 fully saturated rings. The Morgan fingerprint density at radius 2 is 1.27 bits per heavy atom. The van der Waals surface area contributed by atoms with E-state index in [-0.39, 0.29) is 28.2 Å². The fraction of sp³-hybridized carbons (Fsp3) is 0. The Balaban J connectivity index is 2.01. The summed E-state index contributed by atoms with van der Waals surface area (Å²) in [6, 6.07) is 12.9. The van der Waals surface area contributed by atoms with Gasteiger partial charge in [0.25, 0.3) is 0 Å². The van der Waals surface area contributed by atoms with Crippen LogP contribution in [0.4, 0.5) is 0 Å². The molecule has 7 nitrogen and oxygen atoms in total. The summed E-state index contributed by atoms with van der Waals surface area (Å²) in [6.45, 7) is 0. The van der Waals surface area contributed by atoms with Crippen molar-refractivity contribution in [1.29, 1.82) is 0 Å². The highest BCUT2D eigenvalue weighted by atomic mass is 16.4. The Morgan fingerprint density at radius 1 is 0.667 bits per heavy atom. The summed E-state index contributed by atoms with van der Waals surface area (Å²) in [5, 5.41) is 57.7. The Kier molecular flexibility index (Phi) is 5.64. The highest BCUT2D eigenvalue weighted by molar-refractivity contribution is 6.20. The lowest BCUT2D eigenvalue weighted by atomic mass is 9.99. The Labute approximate surface area is 171 Å². The van der Waals surface area contributed by atoms with Gasteiger partial charge in [0.1, 0.15) is 11.5 Å². The quantitative estimate of drug-likeness (QED) is 0.214. The predicted octanol–water partition coefficient (Wildman–Crippen LogP) is 4.01. The molecule has 0 spiro atoms. The minimum atomic E-state index is -1.29. The SMILES string of the molecule is O=C(O)C(=Cc1cc(O)c(O)c(O)c1)c1cc(O)cc(C=Cc2ccc(O)cc2)c1. The molecule has 6 N–H and O–H groups in total. The topological polar surface area (TPSA) is 138 Å². The summed E-state index contributed by atoms with van der Waals surface area (Å²) >= 11 is 0. The Hall–Kier alpha value is -4.39. The highest BCUT2D eigenvalue weighted by Gasteiger charge is 2.14. The average Bonchev–Trinajstić information content (AvgIpc) is 2.69. The van der Waals surface area contributed by atoms with Gasteiger partial charge < -0.3 is 30.6 Å². The van der Waals surface area contributed by atoms with Crippen molar-refractivity contribution in [2.45, 2.75) is 0 Å². The lowest BCUT2D eigenvalue weighted by molar-refractivity contribution is -0.130. The number of aromatic hydroxyl groups is 5. The molecule has 0 heterocycles. The van der Waals surface area contributed by atoms with Crippen molar-refractivity contribution in [3.63, 3.8) is 0 Å². The molecule has 30 heavy (non-hydrogen) atoms. The maximum Gasteiger partial charge on any atom is 0.336 e. The van der Waals surface area contributed by atoms with E-state index in [9.17, 15) is 35.4 Å². The Bertz CT molecular complexity index is 1140. The van der Waals surface area contributed by atoms with E-state index in [1.54, 1.807) is 30.4 Å². The zero-order valence-electron chi connectivity index (χ0n) is 15.5. The van der Waals surface area contributed by atoms with Gasteiger partial charge >= 0.3 is 5.97 Å². The second-order valence-electron chi connectivity index (χ2n) is 6.51. The third kappa shape index (κ3) is 4.71. The van der Waals surface area contributed by atoms with E-state index in [1.807, 2.05) is 0 Å². The van der Waals surface area contributed by atoms with Gasteiger partial charge in [-0.05, 0) is 70.8 Å². The predicted molar refractivity (Wildman–Crippen MR) is 112 cm³/mol. The van der Waals surface area contributed by atoms with Gasteiger partial charge in [-0.1, -0.05) is 24.3 Å². The van der Waals surface area contributed by atoms with Crippen LogP contribution in [0.5, 0.6) is 28.7 Å². The molecule has 3 aromatic carbocycles. The van der Waals surface area contributed by atoms with Crippen molar-refractivity contribution in [2.75, 3.05) is 0 Å². The smallest absolute Gasteiger partial charge is 0.336 e. The molecule has 0 radical (unpaired) electrons. The van der Waals surface area contributed by atoms with Crippen LogP contribution in [0, 0.1) is 0 Å². The van der Waals surface area contributed by atoms with Crippen molar-refractivity contribution in [1.82, 2.24) is 0 Å². The molecule has 7 heteroatoms. The number of hydrogen-bond donors (Lipinski definition) is 6. The number of phenols is 5. The van der Waals surface area contributed by atoms with E-state index < -0.39 is 23.2 Å². The summed E-state index contributed by atoms with van der Waals surface area (Å²) < 4.78 is 0. The van der Waals surface area contributed by atoms with Crippen LogP contribution in [0.25, 0.3) is 23.8 Å². The van der Waals surface area contributed by atoms with Crippen molar-refractivity contribution < 1.29 is 35.4 Å². The van der Waals surface area contributed by atoms with Crippen LogP contribution in [-0.4, -0.2) is 36.6 Å². The third-order valence-electron chi connectivity index (χ3n) is 4.25. The maximum absolute atomic E-state index is 11.8. The minimum absolute atomic E-state index is 0.134. The van der Waals surface area contributed by atoms with E-state index in [2.05, 4.69) is 0 Å². The normalized spacial score (nSPS) is 11.7. The molecule has 3 rings (SSSR count). The minimum Gasteiger partial charge on any atom is -0.508 e. The molecule has 0 bridgehead atoms. The molecule has 3 aromatic rings. The maximum atomic E-state index is 11.8. The van der Waals surface area contributed by atoms with Gasteiger partial charge in [-0.15, -0.1) is 0 Å². The van der Waals surface area contributed by atoms with Crippen molar-refractivity contribution in [2.24, 2.45) is 0 Å². The fourth-order valence-corrected chi connectivity index (χ4v) is 2.81. The number of carboxylic acids is 1. The van der Waals surface area contributed by atoms with Crippen molar-refractivity contribution in [3.8, 4) is 28.7 Å². The first-order valence-corrected chi connectivity index (χ1v) is 8.74. The lowest BCUT2D eigenvalue weighted by Gasteiger charge is -2.08. The summed E-state index contributed by atoms with van der Waals surface area (Å²) in [5.74, 6) is -3.21. The molecule has 0 saturated carbocycles.